The van der Waals surface area contributed by atoms with Gasteiger partial charge in [0.2, 0.25) is 0 Å². The van der Waals surface area contributed by atoms with E-state index in [-0.39, 0.29) is 0 Å². The Balaban J connectivity index is 1.21. The van der Waals surface area contributed by atoms with E-state index in [2.05, 4.69) is 92.0 Å². The maximum absolute atomic E-state index is 6.87. The van der Waals surface area contributed by atoms with Gasteiger partial charge in [-0.2, -0.15) is 0 Å². The third-order valence-electron chi connectivity index (χ3n) is 10.7. The topological polar surface area (TPSA) is 65.0 Å². The lowest BCUT2D eigenvalue weighted by molar-refractivity contribution is 0.669. The highest BCUT2D eigenvalue weighted by Gasteiger charge is 2.41. The molecule has 240 valence electrons. The van der Waals surface area contributed by atoms with Gasteiger partial charge in [0.1, 0.15) is 30.4 Å². The quantitative estimate of drug-likeness (QED) is 0.175. The molecule has 0 bridgehead atoms. The van der Waals surface area contributed by atoms with Crippen LogP contribution in [0.15, 0.2) is 148 Å². The number of para-hydroxylation sites is 2. The van der Waals surface area contributed by atoms with Crippen LogP contribution in [0.2, 0.25) is 13.1 Å². The molecule has 10 aromatic rings. The molecular weight excluding hydrogens is 643 g/mol. The number of rotatable bonds is 3. The van der Waals surface area contributed by atoms with Crippen molar-refractivity contribution in [1.82, 2.24) is 15.0 Å². The maximum atomic E-state index is 6.87. The molecule has 7 aromatic carbocycles. The Morgan fingerprint density at radius 2 is 1.08 bits per heavy atom. The van der Waals surface area contributed by atoms with E-state index in [9.17, 15) is 0 Å². The Morgan fingerprint density at radius 3 is 1.88 bits per heavy atom. The zero-order valence-corrected chi connectivity index (χ0v) is 28.9. The van der Waals surface area contributed by atoms with Crippen molar-refractivity contribution in [3.63, 3.8) is 0 Å². The van der Waals surface area contributed by atoms with Gasteiger partial charge < -0.3 is 8.83 Å². The molecule has 1 aliphatic rings. The molecule has 5 nitrogen and oxygen atoms in total. The van der Waals surface area contributed by atoms with Gasteiger partial charge in [-0.25, -0.2) is 15.0 Å². The molecule has 51 heavy (non-hydrogen) atoms. The first kappa shape index (κ1) is 28.5. The van der Waals surface area contributed by atoms with Crippen molar-refractivity contribution in [1.29, 1.82) is 0 Å². The molecule has 0 N–H and O–H groups in total. The smallest absolute Gasteiger partial charge is 0.164 e. The van der Waals surface area contributed by atoms with Gasteiger partial charge in [-0.1, -0.05) is 116 Å². The first-order valence-electron chi connectivity index (χ1n) is 17.3. The minimum absolute atomic E-state index is 0.591. The molecule has 1 aliphatic heterocycles. The van der Waals surface area contributed by atoms with Crippen LogP contribution in [0.5, 0.6) is 0 Å². The average molecular weight is 672 g/mol. The van der Waals surface area contributed by atoms with Gasteiger partial charge >= 0.3 is 0 Å². The normalized spacial score (nSPS) is 13.5. The average Bonchev–Trinajstić information content (AvgIpc) is 3.81. The SMILES string of the molecule is C[Si]1(C)c2cc3ccccc3cc2-c2c1cc(-c1nc(-c3ccccc3)nc(-c3ccc4c(c3)oc3ccccc34)n1)c1c2oc2ccccc21. The molecule has 0 fully saturated rings. The first-order chi connectivity index (χ1) is 25.0. The Bertz CT molecular complexity index is 3070. The van der Waals surface area contributed by atoms with E-state index in [0.29, 0.717) is 17.5 Å². The molecule has 11 rings (SSSR count). The number of furan rings is 2. The fourth-order valence-electron chi connectivity index (χ4n) is 8.15. The molecule has 0 spiro atoms. The maximum Gasteiger partial charge on any atom is 0.164 e. The standard InChI is InChI=1S/C45H29N3O2Si/c1-51(2)38-24-28-15-7-6-14-27(28)22-33(38)41-39(51)25-34(40-32-17-9-11-19-36(32)50-42(40)41)45-47-43(26-12-4-3-5-13-26)46-44(48-45)29-20-21-31-30-16-8-10-18-35(30)49-37(31)23-29/h3-25H,1-2H3. The van der Waals surface area contributed by atoms with Crippen molar-refractivity contribution < 1.29 is 8.83 Å². The minimum Gasteiger partial charge on any atom is -0.456 e. The number of aromatic nitrogens is 3. The number of nitrogens with zero attached hydrogens (tertiary/aromatic N) is 3. The predicted molar refractivity (Wildman–Crippen MR) is 210 cm³/mol. The summed E-state index contributed by atoms with van der Waals surface area (Å²) in [7, 11) is -2.17. The lowest BCUT2D eigenvalue weighted by Crippen LogP contribution is -2.49. The minimum atomic E-state index is -2.17. The molecule has 6 heteroatoms. The van der Waals surface area contributed by atoms with E-state index in [1.165, 1.54) is 32.3 Å². The van der Waals surface area contributed by atoms with Gasteiger partial charge in [0, 0.05) is 43.8 Å². The van der Waals surface area contributed by atoms with Gasteiger partial charge in [0.05, 0.1) is 0 Å². The van der Waals surface area contributed by atoms with Gasteiger partial charge in [-0.3, -0.25) is 0 Å². The van der Waals surface area contributed by atoms with Crippen LogP contribution in [-0.4, -0.2) is 23.0 Å². The summed E-state index contributed by atoms with van der Waals surface area (Å²) >= 11 is 0. The third-order valence-corrected chi connectivity index (χ3v) is 14.2. The predicted octanol–water partition coefficient (Wildman–Crippen LogP) is 10.6. The van der Waals surface area contributed by atoms with Crippen molar-refractivity contribution in [2.24, 2.45) is 0 Å². The second kappa shape index (κ2) is 10.3. The summed E-state index contributed by atoms with van der Waals surface area (Å²) in [6.07, 6.45) is 0. The Kier molecular flexibility index (Phi) is 5.76. The van der Waals surface area contributed by atoms with Crippen LogP contribution in [0.1, 0.15) is 0 Å². The molecule has 0 atom stereocenters. The molecule has 3 aromatic heterocycles. The second-order valence-electron chi connectivity index (χ2n) is 14.0. The molecule has 0 radical (unpaired) electrons. The summed E-state index contributed by atoms with van der Waals surface area (Å²) in [5.74, 6) is 1.83. The molecule has 0 saturated heterocycles. The number of hydrogen-bond donors (Lipinski definition) is 0. The zero-order chi connectivity index (χ0) is 33.8. The van der Waals surface area contributed by atoms with E-state index in [4.69, 9.17) is 23.8 Å². The molecule has 0 aliphatic carbocycles. The van der Waals surface area contributed by atoms with Crippen molar-refractivity contribution in [2.45, 2.75) is 13.1 Å². The van der Waals surface area contributed by atoms with Gasteiger partial charge in [-0.15, -0.1) is 0 Å². The zero-order valence-electron chi connectivity index (χ0n) is 27.9. The van der Waals surface area contributed by atoms with Crippen molar-refractivity contribution in [3.05, 3.63) is 140 Å². The monoisotopic (exact) mass is 671 g/mol. The van der Waals surface area contributed by atoms with Crippen LogP contribution in [0.4, 0.5) is 0 Å². The van der Waals surface area contributed by atoms with Crippen molar-refractivity contribution in [2.75, 3.05) is 0 Å². The summed E-state index contributed by atoms with van der Waals surface area (Å²) in [4.78, 5) is 15.6. The molecular formula is C45H29N3O2Si. The lowest BCUT2D eigenvalue weighted by atomic mass is 9.96. The summed E-state index contributed by atoms with van der Waals surface area (Å²) in [5.41, 5.74) is 8.63. The number of hydrogen-bond acceptors (Lipinski definition) is 5. The van der Waals surface area contributed by atoms with Gasteiger partial charge in [-0.05, 0) is 63.1 Å². The van der Waals surface area contributed by atoms with E-state index < -0.39 is 8.07 Å². The number of fused-ring (bicyclic) bond motifs is 11. The van der Waals surface area contributed by atoms with Crippen molar-refractivity contribution >= 4 is 73.1 Å². The summed E-state index contributed by atoms with van der Waals surface area (Å²) < 4.78 is 13.2. The largest absolute Gasteiger partial charge is 0.456 e. The highest BCUT2D eigenvalue weighted by molar-refractivity contribution is 7.04. The highest BCUT2D eigenvalue weighted by Crippen LogP contribution is 2.44. The van der Waals surface area contributed by atoms with E-state index >= 15 is 0 Å². The van der Waals surface area contributed by atoms with E-state index in [0.717, 1.165) is 60.6 Å². The van der Waals surface area contributed by atoms with Crippen LogP contribution in [0.25, 0.3) is 99.9 Å². The molecule has 4 heterocycles. The summed E-state index contributed by atoms with van der Waals surface area (Å²) in [6, 6.07) is 48.6. The Morgan fingerprint density at radius 1 is 0.451 bits per heavy atom. The third kappa shape index (κ3) is 4.11. The fraction of sp³-hybridized carbons (Fsp3) is 0.0444. The van der Waals surface area contributed by atoms with Gasteiger partial charge in [0.25, 0.3) is 0 Å². The van der Waals surface area contributed by atoms with E-state index in [1.54, 1.807) is 0 Å². The Labute approximate surface area is 293 Å². The van der Waals surface area contributed by atoms with Crippen LogP contribution in [0.3, 0.4) is 0 Å². The molecule has 0 saturated carbocycles. The molecule has 0 unspecified atom stereocenters. The molecule has 0 amide bonds. The van der Waals surface area contributed by atoms with Crippen LogP contribution >= 0.6 is 0 Å². The Hall–Kier alpha value is -6.37. The summed E-state index contributed by atoms with van der Waals surface area (Å²) in [5, 5.41) is 9.49. The second-order valence-corrected chi connectivity index (χ2v) is 18.3. The van der Waals surface area contributed by atoms with Crippen LogP contribution < -0.4 is 10.4 Å². The lowest BCUT2D eigenvalue weighted by Gasteiger charge is -2.20. The highest BCUT2D eigenvalue weighted by atomic mass is 28.3. The number of benzene rings is 7. The fourth-order valence-corrected chi connectivity index (χ4v) is 11.2. The first-order valence-corrected chi connectivity index (χ1v) is 20.3. The van der Waals surface area contributed by atoms with Crippen LogP contribution in [-0.2, 0) is 0 Å². The summed E-state index contributed by atoms with van der Waals surface area (Å²) in [6.45, 7) is 4.89. The van der Waals surface area contributed by atoms with Gasteiger partial charge in [0.15, 0.2) is 17.5 Å². The van der Waals surface area contributed by atoms with Crippen molar-refractivity contribution in [3.8, 4) is 45.3 Å². The van der Waals surface area contributed by atoms with E-state index in [1.807, 2.05) is 60.7 Å². The van der Waals surface area contributed by atoms with Crippen LogP contribution in [0, 0.1) is 0 Å².